The average molecular weight is 442 g/mol. The first-order valence-corrected chi connectivity index (χ1v) is 11.0. The van der Waals surface area contributed by atoms with Crippen molar-refractivity contribution < 1.29 is 9.53 Å². The maximum Gasteiger partial charge on any atom is 0.410 e. The van der Waals surface area contributed by atoms with Crippen molar-refractivity contribution in [1.82, 2.24) is 14.5 Å². The monoisotopic (exact) mass is 441 g/mol. The molecular formula is C23H28ClN5O2. The van der Waals surface area contributed by atoms with E-state index in [1.807, 2.05) is 12.1 Å². The molecule has 3 aromatic heterocycles. The van der Waals surface area contributed by atoms with Gasteiger partial charge < -0.3 is 20.4 Å². The van der Waals surface area contributed by atoms with Crippen LogP contribution < -0.4 is 15.8 Å². The average Bonchev–Trinajstić information content (AvgIpc) is 3.07. The molecule has 3 N–H and O–H groups in total. The molecule has 0 spiro atoms. The van der Waals surface area contributed by atoms with Crippen molar-refractivity contribution in [2.75, 3.05) is 5.32 Å². The van der Waals surface area contributed by atoms with Crippen molar-refractivity contribution in [2.24, 2.45) is 5.73 Å². The highest BCUT2D eigenvalue weighted by Gasteiger charge is 2.22. The molecule has 1 amide bonds. The Morgan fingerprint density at radius 2 is 1.97 bits per heavy atom. The van der Waals surface area contributed by atoms with Crippen LogP contribution in [-0.2, 0) is 5.54 Å². The Bertz CT molecular complexity index is 1110. The van der Waals surface area contributed by atoms with Crippen LogP contribution in [0.15, 0.2) is 30.6 Å². The zero-order chi connectivity index (χ0) is 22.2. The van der Waals surface area contributed by atoms with E-state index in [1.54, 1.807) is 6.07 Å². The molecule has 1 saturated carbocycles. The number of halogens is 1. The largest absolute Gasteiger partial charge is 0.410 e. The molecule has 1 aliphatic carbocycles. The molecule has 0 aliphatic heterocycles. The summed E-state index contributed by atoms with van der Waals surface area (Å²) in [6.07, 6.45) is 8.74. The number of anilines is 1. The smallest absolute Gasteiger partial charge is 0.409 e. The summed E-state index contributed by atoms with van der Waals surface area (Å²) in [5.74, 6) is 1.07. The quantitative estimate of drug-likeness (QED) is 0.505. The lowest BCUT2D eigenvalue weighted by Gasteiger charge is -2.23. The third kappa shape index (κ3) is 4.77. The van der Waals surface area contributed by atoms with E-state index in [4.69, 9.17) is 22.1 Å². The number of nitrogens with two attached hydrogens (primary N) is 1. The second kappa shape index (κ2) is 8.38. The van der Waals surface area contributed by atoms with Crippen molar-refractivity contribution in [1.29, 1.82) is 0 Å². The number of aromatic nitrogens is 3. The van der Waals surface area contributed by atoms with E-state index in [0.717, 1.165) is 40.8 Å². The first-order valence-electron chi connectivity index (χ1n) is 10.6. The fourth-order valence-corrected chi connectivity index (χ4v) is 4.39. The second-order valence-electron chi connectivity index (χ2n) is 9.09. The summed E-state index contributed by atoms with van der Waals surface area (Å²) in [5, 5.41) is 4.82. The predicted molar refractivity (Wildman–Crippen MR) is 124 cm³/mol. The molecule has 0 unspecified atom stereocenters. The lowest BCUT2D eigenvalue weighted by atomic mass is 9.95. The van der Waals surface area contributed by atoms with Gasteiger partial charge in [-0.05, 0) is 57.4 Å². The van der Waals surface area contributed by atoms with Gasteiger partial charge in [-0.2, -0.15) is 0 Å². The summed E-state index contributed by atoms with van der Waals surface area (Å²) in [6, 6.07) is 6.06. The molecule has 0 bridgehead atoms. The standard InChI is InChI=1S/C23H28ClN5O2/c1-23(2,3)29-13-18(17-11-16(31-22(25)30)12-26-21(17)29)14-9-19(24)28-20(10-14)27-15-7-5-4-6-8-15/h9-13,15H,4-8H2,1-3H3,(H2,25,30)(H,27,28). The Morgan fingerprint density at radius 1 is 1.23 bits per heavy atom. The maximum absolute atomic E-state index is 11.2. The van der Waals surface area contributed by atoms with Crippen LogP contribution in [0.25, 0.3) is 22.2 Å². The van der Waals surface area contributed by atoms with Gasteiger partial charge in [0.2, 0.25) is 0 Å². The number of primary amides is 1. The van der Waals surface area contributed by atoms with E-state index < -0.39 is 6.09 Å². The Hall–Kier alpha value is -2.80. The minimum atomic E-state index is -0.871. The van der Waals surface area contributed by atoms with Crippen LogP contribution in [0.1, 0.15) is 52.9 Å². The van der Waals surface area contributed by atoms with Crippen LogP contribution in [0, 0.1) is 0 Å². The SMILES string of the molecule is CC(C)(C)n1cc(-c2cc(Cl)nc(NC3CCCCC3)c2)c2cc(OC(N)=O)cnc21. The van der Waals surface area contributed by atoms with E-state index in [-0.39, 0.29) is 5.54 Å². The van der Waals surface area contributed by atoms with Crippen LogP contribution >= 0.6 is 11.6 Å². The van der Waals surface area contributed by atoms with Crippen LogP contribution in [-0.4, -0.2) is 26.7 Å². The molecule has 164 valence electrons. The molecule has 3 heterocycles. The van der Waals surface area contributed by atoms with Gasteiger partial charge >= 0.3 is 6.09 Å². The Morgan fingerprint density at radius 3 is 2.65 bits per heavy atom. The van der Waals surface area contributed by atoms with E-state index >= 15 is 0 Å². The number of pyridine rings is 2. The van der Waals surface area contributed by atoms with E-state index in [9.17, 15) is 4.79 Å². The van der Waals surface area contributed by atoms with Gasteiger partial charge in [-0.1, -0.05) is 30.9 Å². The molecule has 0 radical (unpaired) electrons. The lowest BCUT2D eigenvalue weighted by molar-refractivity contribution is 0.211. The molecule has 1 fully saturated rings. The highest BCUT2D eigenvalue weighted by molar-refractivity contribution is 6.29. The number of amides is 1. The van der Waals surface area contributed by atoms with E-state index in [1.165, 1.54) is 25.5 Å². The van der Waals surface area contributed by atoms with Crippen LogP contribution in [0.3, 0.4) is 0 Å². The fourth-order valence-electron chi connectivity index (χ4n) is 4.18. The number of nitrogens with one attached hydrogen (secondary N) is 1. The van der Waals surface area contributed by atoms with Gasteiger partial charge in [0, 0.05) is 28.7 Å². The zero-order valence-corrected chi connectivity index (χ0v) is 18.9. The number of rotatable bonds is 4. The first kappa shape index (κ1) is 21.4. The molecule has 1 aliphatic rings. The van der Waals surface area contributed by atoms with Gasteiger partial charge in [0.25, 0.3) is 0 Å². The summed E-state index contributed by atoms with van der Waals surface area (Å²) >= 11 is 6.41. The molecule has 3 aromatic rings. The van der Waals surface area contributed by atoms with Gasteiger partial charge in [0.15, 0.2) is 5.75 Å². The Labute approximate surface area is 187 Å². The van der Waals surface area contributed by atoms with Crippen LogP contribution in [0.2, 0.25) is 5.15 Å². The van der Waals surface area contributed by atoms with Crippen LogP contribution in [0.4, 0.5) is 10.6 Å². The van der Waals surface area contributed by atoms with Crippen molar-refractivity contribution in [3.05, 3.63) is 35.7 Å². The Balaban J connectivity index is 1.81. The molecule has 7 nitrogen and oxygen atoms in total. The number of nitrogens with zero attached hydrogens (tertiary/aromatic N) is 3. The molecule has 31 heavy (non-hydrogen) atoms. The third-order valence-electron chi connectivity index (χ3n) is 5.62. The number of fused-ring (bicyclic) bond motifs is 1. The lowest BCUT2D eigenvalue weighted by Crippen LogP contribution is -2.22. The number of hydrogen-bond acceptors (Lipinski definition) is 5. The fraction of sp³-hybridized carbons (Fsp3) is 0.435. The molecule has 0 aromatic carbocycles. The Kier molecular flexibility index (Phi) is 5.79. The van der Waals surface area contributed by atoms with Crippen molar-refractivity contribution in [2.45, 2.75) is 64.5 Å². The first-order chi connectivity index (χ1) is 14.7. The van der Waals surface area contributed by atoms with Gasteiger partial charge in [0.1, 0.15) is 16.6 Å². The number of carbonyl (C=O) groups excluding carboxylic acids is 1. The van der Waals surface area contributed by atoms with Gasteiger partial charge in [-0.25, -0.2) is 14.8 Å². The molecule has 8 heteroatoms. The van der Waals surface area contributed by atoms with E-state index in [0.29, 0.717) is 16.9 Å². The minimum absolute atomic E-state index is 0.199. The number of ether oxygens (including phenoxy) is 1. The van der Waals surface area contributed by atoms with Crippen LogP contribution in [0.5, 0.6) is 5.75 Å². The summed E-state index contributed by atoms with van der Waals surface area (Å²) in [7, 11) is 0. The maximum atomic E-state index is 11.2. The zero-order valence-electron chi connectivity index (χ0n) is 18.1. The number of carbonyl (C=O) groups is 1. The molecule has 4 rings (SSSR count). The molecule has 0 saturated heterocycles. The summed E-state index contributed by atoms with van der Waals surface area (Å²) in [4.78, 5) is 20.3. The topological polar surface area (TPSA) is 95.1 Å². The normalized spacial score (nSPS) is 15.2. The van der Waals surface area contributed by atoms with Gasteiger partial charge in [-0.3, -0.25) is 0 Å². The summed E-state index contributed by atoms with van der Waals surface area (Å²) in [6.45, 7) is 6.34. The highest BCUT2D eigenvalue weighted by Crippen LogP contribution is 2.36. The highest BCUT2D eigenvalue weighted by atomic mass is 35.5. The summed E-state index contributed by atoms with van der Waals surface area (Å²) in [5.41, 5.74) is 7.63. The van der Waals surface area contributed by atoms with E-state index in [2.05, 4.69) is 46.8 Å². The van der Waals surface area contributed by atoms with Crippen molar-refractivity contribution in [3.63, 3.8) is 0 Å². The second-order valence-corrected chi connectivity index (χ2v) is 9.48. The third-order valence-corrected chi connectivity index (χ3v) is 5.82. The van der Waals surface area contributed by atoms with Gasteiger partial charge in [0.05, 0.1) is 6.20 Å². The summed E-state index contributed by atoms with van der Waals surface area (Å²) < 4.78 is 7.18. The van der Waals surface area contributed by atoms with Crippen molar-refractivity contribution in [3.8, 4) is 16.9 Å². The van der Waals surface area contributed by atoms with Gasteiger partial charge in [-0.15, -0.1) is 0 Å². The molecule has 0 atom stereocenters. The number of hydrogen-bond donors (Lipinski definition) is 2. The van der Waals surface area contributed by atoms with Crippen molar-refractivity contribution >= 4 is 34.5 Å². The minimum Gasteiger partial charge on any atom is -0.409 e. The predicted octanol–water partition coefficient (Wildman–Crippen LogP) is 5.71. The molecular weight excluding hydrogens is 414 g/mol.